The number of rotatable bonds is 8. The van der Waals surface area contributed by atoms with Gasteiger partial charge in [-0.05, 0) is 47.5 Å². The molecule has 0 aromatic heterocycles. The lowest BCUT2D eigenvalue weighted by atomic mass is 10.1. The second-order valence-corrected chi connectivity index (χ2v) is 6.72. The van der Waals surface area contributed by atoms with E-state index in [4.69, 9.17) is 23.7 Å². The van der Waals surface area contributed by atoms with Crippen molar-refractivity contribution in [3.05, 3.63) is 71.5 Å². The number of benzene rings is 3. The van der Waals surface area contributed by atoms with Crippen molar-refractivity contribution in [3.8, 4) is 28.7 Å². The van der Waals surface area contributed by atoms with Gasteiger partial charge in [-0.3, -0.25) is 5.32 Å². The molecule has 0 bridgehead atoms. The lowest BCUT2D eigenvalue weighted by molar-refractivity contribution is 0.215. The minimum atomic E-state index is -0.773. The van der Waals surface area contributed by atoms with Crippen molar-refractivity contribution in [2.75, 3.05) is 33.8 Å². The van der Waals surface area contributed by atoms with E-state index >= 15 is 0 Å². The summed E-state index contributed by atoms with van der Waals surface area (Å²) in [6.45, 7) is 0. The molecule has 1 amide bonds. The first-order chi connectivity index (χ1) is 16.0. The zero-order chi connectivity index (χ0) is 23.8. The Kier molecular flexibility index (Phi) is 7.75. The Bertz CT molecular complexity index is 1140. The first kappa shape index (κ1) is 23.5. The molecule has 0 aliphatic carbocycles. The van der Waals surface area contributed by atoms with Crippen LogP contribution in [0.15, 0.2) is 54.6 Å². The summed E-state index contributed by atoms with van der Waals surface area (Å²) in [6, 6.07) is 14.2. The number of amides is 1. The van der Waals surface area contributed by atoms with Gasteiger partial charge in [0.25, 0.3) is 0 Å². The van der Waals surface area contributed by atoms with Crippen LogP contribution in [0, 0.1) is 5.82 Å². The van der Waals surface area contributed by atoms with Gasteiger partial charge < -0.3 is 23.7 Å². The standard InChI is InChI=1S/C25H24FNO6/c1-29-21-11-10-16(8-9-17-13-22(30-2)24(32-4)23(14-17)31-3)12-20(21)27-25(28)33-19-7-5-6-18(26)15-19/h5-15H,1-4H3,(H,27,28)/b9-8-. The van der Waals surface area contributed by atoms with Crippen molar-refractivity contribution in [1.29, 1.82) is 0 Å². The highest BCUT2D eigenvalue weighted by Gasteiger charge is 2.13. The van der Waals surface area contributed by atoms with Crippen LogP contribution in [0.2, 0.25) is 0 Å². The number of methoxy groups -OCH3 is 4. The van der Waals surface area contributed by atoms with Gasteiger partial charge in [-0.2, -0.15) is 0 Å². The molecular weight excluding hydrogens is 429 g/mol. The number of anilines is 1. The average Bonchev–Trinajstić information content (AvgIpc) is 2.82. The number of hydrogen-bond acceptors (Lipinski definition) is 6. The molecule has 0 fully saturated rings. The SMILES string of the molecule is COc1ccc(/C=C\c2cc(OC)c(OC)c(OC)c2)cc1NC(=O)Oc1cccc(F)c1. The van der Waals surface area contributed by atoms with Crippen molar-refractivity contribution < 1.29 is 32.9 Å². The molecule has 0 aliphatic heterocycles. The molecule has 0 radical (unpaired) electrons. The number of nitrogens with one attached hydrogen (secondary N) is 1. The maximum atomic E-state index is 13.3. The van der Waals surface area contributed by atoms with Gasteiger partial charge in [0.15, 0.2) is 11.5 Å². The van der Waals surface area contributed by atoms with E-state index in [0.717, 1.165) is 17.2 Å². The Morgan fingerprint density at radius 1 is 0.788 bits per heavy atom. The minimum Gasteiger partial charge on any atom is -0.495 e. The van der Waals surface area contributed by atoms with Crippen molar-refractivity contribution in [2.24, 2.45) is 0 Å². The van der Waals surface area contributed by atoms with Crippen molar-refractivity contribution in [2.45, 2.75) is 0 Å². The highest BCUT2D eigenvalue weighted by atomic mass is 19.1. The first-order valence-corrected chi connectivity index (χ1v) is 9.88. The molecule has 3 aromatic carbocycles. The maximum Gasteiger partial charge on any atom is 0.417 e. The first-order valence-electron chi connectivity index (χ1n) is 9.88. The number of carbonyl (C=O) groups is 1. The van der Waals surface area contributed by atoms with Crippen molar-refractivity contribution in [3.63, 3.8) is 0 Å². The van der Waals surface area contributed by atoms with Gasteiger partial charge in [-0.15, -0.1) is 0 Å². The van der Waals surface area contributed by atoms with Gasteiger partial charge in [0, 0.05) is 6.07 Å². The third-order valence-electron chi connectivity index (χ3n) is 4.62. The molecule has 0 spiro atoms. The molecule has 0 saturated carbocycles. The van der Waals surface area contributed by atoms with Crippen molar-refractivity contribution in [1.82, 2.24) is 0 Å². The molecule has 1 N–H and O–H groups in total. The quantitative estimate of drug-likeness (QED) is 0.445. The summed E-state index contributed by atoms with van der Waals surface area (Å²) in [4.78, 5) is 12.3. The number of halogens is 1. The van der Waals surface area contributed by atoms with Crippen LogP contribution < -0.4 is 29.0 Å². The molecule has 0 unspecified atom stereocenters. The Balaban J connectivity index is 1.82. The van der Waals surface area contributed by atoms with E-state index < -0.39 is 11.9 Å². The maximum absolute atomic E-state index is 13.3. The van der Waals surface area contributed by atoms with Crippen molar-refractivity contribution >= 4 is 23.9 Å². The van der Waals surface area contributed by atoms with Crippen LogP contribution in [0.1, 0.15) is 11.1 Å². The van der Waals surface area contributed by atoms with E-state index in [1.807, 2.05) is 30.4 Å². The van der Waals surface area contributed by atoms with Crippen LogP contribution >= 0.6 is 0 Å². The second kappa shape index (κ2) is 10.9. The number of ether oxygens (including phenoxy) is 5. The summed E-state index contributed by atoms with van der Waals surface area (Å²) in [5.41, 5.74) is 2.00. The molecule has 8 heteroatoms. The smallest absolute Gasteiger partial charge is 0.417 e. The zero-order valence-electron chi connectivity index (χ0n) is 18.7. The average molecular weight is 453 g/mol. The molecule has 3 rings (SSSR count). The van der Waals surface area contributed by atoms with Gasteiger partial charge in [-0.1, -0.05) is 24.3 Å². The second-order valence-electron chi connectivity index (χ2n) is 6.72. The summed E-state index contributed by atoms with van der Waals surface area (Å²) in [7, 11) is 6.13. The van der Waals surface area contributed by atoms with E-state index in [1.54, 1.807) is 33.5 Å². The van der Waals surface area contributed by atoms with Crippen LogP contribution in [0.4, 0.5) is 14.9 Å². The Hall–Kier alpha value is -4.20. The fraction of sp³-hybridized carbons (Fsp3) is 0.160. The molecule has 0 aliphatic rings. The predicted octanol–water partition coefficient (Wildman–Crippen LogP) is 5.64. The molecule has 0 atom stereocenters. The molecule has 3 aromatic rings. The van der Waals surface area contributed by atoms with Crippen LogP contribution in [-0.2, 0) is 0 Å². The molecule has 0 heterocycles. The third kappa shape index (κ3) is 5.94. The van der Waals surface area contributed by atoms with Gasteiger partial charge in [0.2, 0.25) is 5.75 Å². The summed E-state index contributed by atoms with van der Waals surface area (Å²) in [6.07, 6.45) is 2.94. The molecule has 172 valence electrons. The lowest BCUT2D eigenvalue weighted by Gasteiger charge is -2.13. The largest absolute Gasteiger partial charge is 0.495 e. The van der Waals surface area contributed by atoms with Crippen LogP contribution in [0.3, 0.4) is 0 Å². The Labute approximate surface area is 191 Å². The zero-order valence-corrected chi connectivity index (χ0v) is 18.7. The van der Waals surface area contributed by atoms with Crippen LogP contribution in [0.5, 0.6) is 28.7 Å². The van der Waals surface area contributed by atoms with Gasteiger partial charge in [-0.25, -0.2) is 9.18 Å². The van der Waals surface area contributed by atoms with Crippen LogP contribution in [0.25, 0.3) is 12.2 Å². The van der Waals surface area contributed by atoms with Crippen LogP contribution in [-0.4, -0.2) is 34.5 Å². The highest BCUT2D eigenvalue weighted by Crippen LogP contribution is 2.38. The van der Waals surface area contributed by atoms with Gasteiger partial charge in [0.05, 0.1) is 34.1 Å². The molecule has 0 saturated heterocycles. The summed E-state index contributed by atoms with van der Waals surface area (Å²) in [5, 5.41) is 2.62. The number of hydrogen-bond donors (Lipinski definition) is 1. The highest BCUT2D eigenvalue weighted by molar-refractivity contribution is 5.89. The van der Waals surface area contributed by atoms with Gasteiger partial charge in [0.1, 0.15) is 17.3 Å². The molecular formula is C25H24FNO6. The predicted molar refractivity (Wildman–Crippen MR) is 124 cm³/mol. The summed E-state index contributed by atoms with van der Waals surface area (Å²) >= 11 is 0. The molecule has 33 heavy (non-hydrogen) atoms. The fourth-order valence-electron chi connectivity index (χ4n) is 3.09. The van der Waals surface area contributed by atoms with Gasteiger partial charge >= 0.3 is 6.09 Å². The summed E-state index contributed by atoms with van der Waals surface area (Å²) < 4.78 is 39.9. The molecule has 7 nitrogen and oxygen atoms in total. The minimum absolute atomic E-state index is 0.0879. The van der Waals surface area contributed by atoms with E-state index in [0.29, 0.717) is 28.7 Å². The Morgan fingerprint density at radius 2 is 1.45 bits per heavy atom. The topological polar surface area (TPSA) is 75.3 Å². The lowest BCUT2D eigenvalue weighted by Crippen LogP contribution is -2.17. The van der Waals surface area contributed by atoms with E-state index in [2.05, 4.69) is 5.32 Å². The van der Waals surface area contributed by atoms with E-state index in [1.165, 1.54) is 25.3 Å². The summed E-state index contributed by atoms with van der Waals surface area (Å²) in [5.74, 6) is 1.60. The van der Waals surface area contributed by atoms with E-state index in [-0.39, 0.29) is 5.75 Å². The Morgan fingerprint density at radius 3 is 2.06 bits per heavy atom. The number of carbonyl (C=O) groups excluding carboxylic acids is 1. The third-order valence-corrected chi connectivity index (χ3v) is 4.62. The normalized spacial score (nSPS) is 10.6. The monoisotopic (exact) mass is 453 g/mol. The fourth-order valence-corrected chi connectivity index (χ4v) is 3.09. The van der Waals surface area contributed by atoms with E-state index in [9.17, 15) is 9.18 Å².